The second-order valence-corrected chi connectivity index (χ2v) is 10.2. The molecule has 1 aliphatic rings. The lowest BCUT2D eigenvalue weighted by Gasteiger charge is -2.27. The highest BCUT2D eigenvalue weighted by atomic mass is 19.1. The molecule has 0 radical (unpaired) electrons. The first-order valence-electron chi connectivity index (χ1n) is 13.3. The van der Waals surface area contributed by atoms with Crippen molar-refractivity contribution in [2.75, 3.05) is 6.61 Å². The Hall–Kier alpha value is -4.77. The van der Waals surface area contributed by atoms with Gasteiger partial charge in [0.2, 0.25) is 0 Å². The topological polar surface area (TPSA) is 99.4 Å². The van der Waals surface area contributed by atoms with Gasteiger partial charge in [-0.2, -0.15) is 4.98 Å². The van der Waals surface area contributed by atoms with Gasteiger partial charge < -0.3 is 19.1 Å². The number of aromatic carboxylic acids is 1. The van der Waals surface area contributed by atoms with Crippen molar-refractivity contribution in [2.45, 2.75) is 39.0 Å². The molecule has 1 N–H and O–H groups in total. The Balaban J connectivity index is 1.24. The van der Waals surface area contributed by atoms with E-state index in [9.17, 15) is 23.1 Å². The number of aromatic nitrogens is 4. The molecule has 3 heterocycles. The van der Waals surface area contributed by atoms with Crippen molar-refractivity contribution >= 4 is 17.0 Å². The van der Waals surface area contributed by atoms with Crippen LogP contribution < -0.4 is 4.74 Å². The number of nitrogens with zero attached hydrogens (tertiary/aromatic N) is 4. The average Bonchev–Trinajstić information content (AvgIpc) is 3.28. The summed E-state index contributed by atoms with van der Waals surface area (Å²) in [7, 11) is 0. The van der Waals surface area contributed by atoms with Crippen LogP contribution in [0.1, 0.15) is 39.3 Å². The highest BCUT2D eigenvalue weighted by molar-refractivity contribution is 5.92. The molecule has 0 saturated carbocycles. The molecule has 6 rings (SSSR count). The quantitative estimate of drug-likeness (QED) is 0.235. The van der Waals surface area contributed by atoms with Gasteiger partial charge in [0, 0.05) is 24.2 Å². The Kier molecular flexibility index (Phi) is 7.34. The van der Waals surface area contributed by atoms with E-state index in [0.29, 0.717) is 42.0 Å². The van der Waals surface area contributed by atoms with Crippen LogP contribution in [0.2, 0.25) is 0 Å². The van der Waals surface area contributed by atoms with Gasteiger partial charge >= 0.3 is 12.0 Å². The molecule has 0 bridgehead atoms. The van der Waals surface area contributed by atoms with Crippen LogP contribution in [-0.4, -0.2) is 43.3 Å². The Morgan fingerprint density at radius 3 is 2.52 bits per heavy atom. The minimum Gasteiger partial charge on any atom is -0.478 e. The van der Waals surface area contributed by atoms with Crippen LogP contribution in [-0.2, 0) is 24.3 Å². The number of ether oxygens (including phenoxy) is 2. The molecule has 0 spiro atoms. The zero-order valence-electron chi connectivity index (χ0n) is 22.5. The van der Waals surface area contributed by atoms with Gasteiger partial charge in [-0.05, 0) is 42.7 Å². The van der Waals surface area contributed by atoms with E-state index in [1.54, 1.807) is 47.9 Å². The number of rotatable bonds is 9. The normalized spacial score (nSPS) is 14.6. The molecule has 3 aromatic carbocycles. The van der Waals surface area contributed by atoms with E-state index >= 15 is 0 Å². The van der Waals surface area contributed by atoms with Crippen LogP contribution in [0, 0.1) is 24.4 Å². The van der Waals surface area contributed by atoms with Gasteiger partial charge in [-0.3, -0.25) is 0 Å². The lowest BCUT2D eigenvalue weighted by molar-refractivity contribution is -0.0589. The second-order valence-electron chi connectivity index (χ2n) is 10.2. The number of hydrogen-bond acceptors (Lipinski definition) is 6. The van der Waals surface area contributed by atoms with Crippen molar-refractivity contribution in [1.29, 1.82) is 0 Å². The van der Waals surface area contributed by atoms with Crippen molar-refractivity contribution in [1.82, 2.24) is 19.5 Å². The van der Waals surface area contributed by atoms with Crippen LogP contribution >= 0.6 is 0 Å². The molecular formula is C31H25F3N4O4. The molecule has 0 amide bonds. The van der Waals surface area contributed by atoms with Crippen LogP contribution in [0.3, 0.4) is 0 Å². The Morgan fingerprint density at radius 2 is 1.83 bits per heavy atom. The number of fused-ring (bicyclic) bond motifs is 1. The van der Waals surface area contributed by atoms with E-state index in [2.05, 4.69) is 15.0 Å². The molecular weight excluding hydrogens is 549 g/mol. The van der Waals surface area contributed by atoms with Crippen LogP contribution in [0.25, 0.3) is 22.3 Å². The highest BCUT2D eigenvalue weighted by Gasteiger charge is 2.24. The summed E-state index contributed by atoms with van der Waals surface area (Å²) < 4.78 is 56.6. The number of carboxylic acids is 1. The number of carboxylic acid groups (broad SMARTS) is 1. The molecule has 1 aliphatic heterocycles. The minimum atomic E-state index is -1.23. The zero-order valence-corrected chi connectivity index (χ0v) is 22.5. The maximum absolute atomic E-state index is 14.8. The Morgan fingerprint density at radius 1 is 1.05 bits per heavy atom. The van der Waals surface area contributed by atoms with Crippen LogP contribution in [0.5, 0.6) is 6.01 Å². The molecule has 11 heteroatoms. The Bertz CT molecular complexity index is 1800. The van der Waals surface area contributed by atoms with Crippen molar-refractivity contribution < 1.29 is 32.5 Å². The SMILES string of the molecule is Cc1ccc(COc2ncc(F)c(-c3ccc(Cc4nc5c(F)cc(C(=O)O)cc5n4C[C@@H]4CCO4)cc3)n2)c(F)c1. The summed E-state index contributed by atoms with van der Waals surface area (Å²) in [5.41, 5.74) is 2.72. The first-order valence-corrected chi connectivity index (χ1v) is 13.3. The van der Waals surface area contributed by atoms with E-state index in [-0.39, 0.29) is 35.5 Å². The molecule has 5 aromatic rings. The number of benzene rings is 3. The minimum absolute atomic E-state index is 0.0218. The van der Waals surface area contributed by atoms with Gasteiger partial charge in [0.15, 0.2) is 11.6 Å². The molecule has 1 atom stereocenters. The second kappa shape index (κ2) is 11.2. The number of imidazole rings is 1. The summed E-state index contributed by atoms with van der Waals surface area (Å²) in [6.07, 6.45) is 2.08. The van der Waals surface area contributed by atoms with E-state index < -0.39 is 23.4 Å². The molecule has 1 fully saturated rings. The Labute approximate surface area is 238 Å². The first kappa shape index (κ1) is 27.4. The highest BCUT2D eigenvalue weighted by Crippen LogP contribution is 2.27. The van der Waals surface area contributed by atoms with Crippen molar-refractivity contribution in [2.24, 2.45) is 0 Å². The summed E-state index contributed by atoms with van der Waals surface area (Å²) in [5.74, 6) is -2.46. The van der Waals surface area contributed by atoms with E-state index in [1.165, 1.54) is 12.1 Å². The van der Waals surface area contributed by atoms with Gasteiger partial charge in [0.1, 0.15) is 29.5 Å². The summed E-state index contributed by atoms with van der Waals surface area (Å²) in [6.45, 7) is 2.72. The van der Waals surface area contributed by atoms with Crippen molar-refractivity contribution in [3.63, 3.8) is 0 Å². The van der Waals surface area contributed by atoms with Gasteiger partial charge in [-0.15, -0.1) is 0 Å². The third-order valence-corrected chi connectivity index (χ3v) is 7.19. The lowest BCUT2D eigenvalue weighted by Crippen LogP contribution is -2.31. The summed E-state index contributed by atoms with van der Waals surface area (Å²) >= 11 is 0. The fourth-order valence-corrected chi connectivity index (χ4v) is 4.82. The van der Waals surface area contributed by atoms with E-state index in [0.717, 1.165) is 29.8 Å². The van der Waals surface area contributed by atoms with Gasteiger partial charge in [-0.25, -0.2) is 27.9 Å². The smallest absolute Gasteiger partial charge is 0.335 e. The average molecular weight is 575 g/mol. The molecule has 8 nitrogen and oxygen atoms in total. The summed E-state index contributed by atoms with van der Waals surface area (Å²) in [5, 5.41) is 9.42. The van der Waals surface area contributed by atoms with Gasteiger partial charge in [-0.1, -0.05) is 36.4 Å². The maximum Gasteiger partial charge on any atom is 0.335 e. The molecule has 0 unspecified atom stereocenters. The zero-order chi connectivity index (χ0) is 29.4. The maximum atomic E-state index is 14.8. The van der Waals surface area contributed by atoms with Crippen molar-refractivity contribution in [3.8, 4) is 17.3 Å². The number of halogens is 3. The number of aryl methyl sites for hydroxylation is 1. The molecule has 214 valence electrons. The summed E-state index contributed by atoms with van der Waals surface area (Å²) in [6, 6.07) is 14.0. The predicted molar refractivity (Wildman–Crippen MR) is 147 cm³/mol. The molecule has 0 aliphatic carbocycles. The molecule has 42 heavy (non-hydrogen) atoms. The third kappa shape index (κ3) is 5.55. The molecule has 2 aromatic heterocycles. The first-order chi connectivity index (χ1) is 20.2. The fraction of sp³-hybridized carbons (Fsp3) is 0.226. The largest absolute Gasteiger partial charge is 0.478 e. The fourth-order valence-electron chi connectivity index (χ4n) is 4.82. The standard InChI is InChI=1S/C31H25F3N4O4/c1-17-2-5-20(23(32)10-17)16-42-31-35-14-25(34)28(37-31)19-6-3-18(4-7-19)11-27-36-29-24(33)12-21(30(39)40)13-26(29)38(27)15-22-8-9-41-22/h2-7,10,12-14,22H,8-9,11,15-16H2,1H3,(H,39,40)/t22-/m0/s1. The van der Waals surface area contributed by atoms with Gasteiger partial charge in [0.05, 0.1) is 29.9 Å². The van der Waals surface area contributed by atoms with Crippen molar-refractivity contribution in [3.05, 3.63) is 106 Å². The van der Waals surface area contributed by atoms with Gasteiger partial charge in [0.25, 0.3) is 0 Å². The third-order valence-electron chi connectivity index (χ3n) is 7.19. The number of carbonyl (C=O) groups is 1. The predicted octanol–water partition coefficient (Wildman–Crippen LogP) is 5.88. The molecule has 1 saturated heterocycles. The lowest BCUT2D eigenvalue weighted by atomic mass is 10.1. The van der Waals surface area contributed by atoms with Crippen LogP contribution in [0.15, 0.2) is 60.8 Å². The van der Waals surface area contributed by atoms with E-state index in [4.69, 9.17) is 9.47 Å². The van der Waals surface area contributed by atoms with E-state index in [1.807, 2.05) is 0 Å². The summed E-state index contributed by atoms with van der Waals surface area (Å²) in [4.78, 5) is 24.1. The number of hydrogen-bond donors (Lipinski definition) is 1. The van der Waals surface area contributed by atoms with Crippen LogP contribution in [0.4, 0.5) is 13.2 Å². The monoisotopic (exact) mass is 574 g/mol.